The molecule has 0 fully saturated rings. The molecule has 0 amide bonds. The number of rotatable bonds is 2. The van der Waals surface area contributed by atoms with Gasteiger partial charge in [0.1, 0.15) is 5.82 Å². The molecule has 1 aromatic carbocycles. The third-order valence-electron chi connectivity index (χ3n) is 1.49. The quantitative estimate of drug-likeness (QED) is 0.660. The summed E-state index contributed by atoms with van der Waals surface area (Å²) >= 11 is 0. The maximum absolute atomic E-state index is 12.7. The van der Waals surface area contributed by atoms with Gasteiger partial charge in [-0.3, -0.25) is 0 Å². The van der Waals surface area contributed by atoms with E-state index in [2.05, 4.69) is 0 Å². The van der Waals surface area contributed by atoms with Gasteiger partial charge in [0.25, 0.3) is 0 Å². The first kappa shape index (κ1) is 8.17. The van der Waals surface area contributed by atoms with Crippen LogP contribution in [0.1, 0.15) is 11.1 Å². The Morgan fingerprint density at radius 1 is 1.00 bits per heavy atom. The number of benzene rings is 1. The van der Waals surface area contributed by atoms with Gasteiger partial charge in [-0.2, -0.15) is 0 Å². The lowest BCUT2D eigenvalue weighted by atomic mass is 10.1. The monoisotopic (exact) mass is 154 g/mol. The summed E-state index contributed by atoms with van der Waals surface area (Å²) in [6, 6.07) is 4.64. The molecule has 0 aliphatic rings. The molecule has 0 radical (unpaired) electrons. The molecule has 0 spiro atoms. The van der Waals surface area contributed by atoms with Crippen LogP contribution in [0.5, 0.6) is 0 Å². The molecule has 1 aromatic rings. The molecule has 4 N–H and O–H groups in total. The fourth-order valence-corrected chi connectivity index (χ4v) is 0.953. The SMILES string of the molecule is NCc1cc(F)cc(CN)c1. The minimum Gasteiger partial charge on any atom is -0.326 e. The van der Waals surface area contributed by atoms with Crippen LogP contribution in [0, 0.1) is 5.82 Å². The minimum absolute atomic E-state index is 0.270. The van der Waals surface area contributed by atoms with E-state index in [1.165, 1.54) is 12.1 Å². The van der Waals surface area contributed by atoms with Crippen LogP contribution < -0.4 is 11.5 Å². The van der Waals surface area contributed by atoms with Gasteiger partial charge in [-0.25, -0.2) is 4.39 Å². The van der Waals surface area contributed by atoms with Crippen LogP contribution in [0.15, 0.2) is 18.2 Å². The summed E-state index contributed by atoms with van der Waals surface area (Å²) in [5.74, 6) is -0.270. The number of halogens is 1. The van der Waals surface area contributed by atoms with Gasteiger partial charge in [0.05, 0.1) is 0 Å². The van der Waals surface area contributed by atoms with Crippen LogP contribution in [0.2, 0.25) is 0 Å². The van der Waals surface area contributed by atoms with Gasteiger partial charge in [-0.1, -0.05) is 6.07 Å². The first-order chi connectivity index (χ1) is 5.26. The Balaban J connectivity index is 3.02. The summed E-state index contributed by atoms with van der Waals surface area (Å²) in [7, 11) is 0. The van der Waals surface area contributed by atoms with E-state index in [1.807, 2.05) is 6.07 Å². The highest BCUT2D eigenvalue weighted by molar-refractivity contribution is 5.24. The van der Waals surface area contributed by atoms with Gasteiger partial charge in [0.15, 0.2) is 0 Å². The molecule has 60 valence electrons. The molecule has 1 rings (SSSR count). The van der Waals surface area contributed by atoms with E-state index in [4.69, 9.17) is 11.5 Å². The van der Waals surface area contributed by atoms with E-state index in [-0.39, 0.29) is 5.82 Å². The Labute approximate surface area is 65.0 Å². The van der Waals surface area contributed by atoms with Crippen molar-refractivity contribution in [3.05, 3.63) is 35.1 Å². The van der Waals surface area contributed by atoms with Crippen LogP contribution in [0.25, 0.3) is 0 Å². The summed E-state index contributed by atoms with van der Waals surface area (Å²) in [6.45, 7) is 0.704. The highest BCUT2D eigenvalue weighted by Crippen LogP contribution is 2.07. The zero-order valence-corrected chi connectivity index (χ0v) is 6.18. The van der Waals surface area contributed by atoms with E-state index in [0.29, 0.717) is 13.1 Å². The second-order valence-electron chi connectivity index (χ2n) is 2.38. The molecular weight excluding hydrogens is 143 g/mol. The van der Waals surface area contributed by atoms with Crippen molar-refractivity contribution in [2.75, 3.05) is 0 Å². The van der Waals surface area contributed by atoms with Gasteiger partial charge < -0.3 is 11.5 Å². The molecule has 0 unspecified atom stereocenters. The molecule has 0 aromatic heterocycles. The van der Waals surface area contributed by atoms with Crippen LogP contribution in [-0.4, -0.2) is 0 Å². The molecule has 0 heterocycles. The topological polar surface area (TPSA) is 52.0 Å². The second-order valence-corrected chi connectivity index (χ2v) is 2.38. The van der Waals surface area contributed by atoms with E-state index in [0.717, 1.165) is 11.1 Å². The standard InChI is InChI=1S/C8H11FN2/c9-8-2-6(4-10)1-7(3-8)5-11/h1-3H,4-5,10-11H2. The van der Waals surface area contributed by atoms with Crippen molar-refractivity contribution >= 4 is 0 Å². The van der Waals surface area contributed by atoms with Crippen LogP contribution in [0.3, 0.4) is 0 Å². The maximum atomic E-state index is 12.7. The smallest absolute Gasteiger partial charge is 0.123 e. The molecule has 0 saturated heterocycles. The lowest BCUT2D eigenvalue weighted by molar-refractivity contribution is 0.623. The third kappa shape index (κ3) is 2.00. The highest BCUT2D eigenvalue weighted by Gasteiger charge is 1.96. The second kappa shape index (κ2) is 3.46. The average Bonchev–Trinajstić information content (AvgIpc) is 2.03. The van der Waals surface area contributed by atoms with Gasteiger partial charge in [-0.15, -0.1) is 0 Å². The van der Waals surface area contributed by atoms with Crippen molar-refractivity contribution < 1.29 is 4.39 Å². The molecule has 2 nitrogen and oxygen atoms in total. The molecule has 0 aliphatic carbocycles. The maximum Gasteiger partial charge on any atom is 0.123 e. The lowest BCUT2D eigenvalue weighted by Gasteiger charge is -2.00. The molecule has 0 aliphatic heterocycles. The molecule has 3 heteroatoms. The molecular formula is C8H11FN2. The third-order valence-corrected chi connectivity index (χ3v) is 1.49. The zero-order valence-electron chi connectivity index (χ0n) is 6.18. The average molecular weight is 154 g/mol. The summed E-state index contributed by atoms with van der Waals surface area (Å²) < 4.78 is 12.7. The van der Waals surface area contributed by atoms with Crippen molar-refractivity contribution in [2.24, 2.45) is 11.5 Å². The van der Waals surface area contributed by atoms with Crippen LogP contribution >= 0.6 is 0 Å². The van der Waals surface area contributed by atoms with Gasteiger partial charge in [0.2, 0.25) is 0 Å². The Hall–Kier alpha value is -0.930. The first-order valence-electron chi connectivity index (χ1n) is 3.44. The molecule has 0 bridgehead atoms. The number of hydrogen-bond acceptors (Lipinski definition) is 2. The Bertz CT molecular complexity index is 226. The zero-order chi connectivity index (χ0) is 8.27. The molecule has 0 saturated carbocycles. The Kier molecular flexibility index (Phi) is 2.57. The van der Waals surface area contributed by atoms with Crippen molar-refractivity contribution in [1.29, 1.82) is 0 Å². The number of hydrogen-bond donors (Lipinski definition) is 2. The van der Waals surface area contributed by atoms with Gasteiger partial charge >= 0.3 is 0 Å². The number of nitrogens with two attached hydrogens (primary N) is 2. The van der Waals surface area contributed by atoms with Crippen LogP contribution in [-0.2, 0) is 13.1 Å². The van der Waals surface area contributed by atoms with Crippen molar-refractivity contribution in [1.82, 2.24) is 0 Å². The lowest BCUT2D eigenvalue weighted by Crippen LogP contribution is -2.01. The fraction of sp³-hybridized carbons (Fsp3) is 0.250. The predicted octanol–water partition coefficient (Wildman–Crippen LogP) is 0.743. The van der Waals surface area contributed by atoms with Crippen molar-refractivity contribution in [2.45, 2.75) is 13.1 Å². The van der Waals surface area contributed by atoms with E-state index < -0.39 is 0 Å². The Morgan fingerprint density at radius 2 is 1.45 bits per heavy atom. The van der Waals surface area contributed by atoms with E-state index >= 15 is 0 Å². The van der Waals surface area contributed by atoms with Crippen molar-refractivity contribution in [3.8, 4) is 0 Å². The molecule has 0 atom stereocenters. The summed E-state index contributed by atoms with van der Waals surface area (Å²) in [5, 5.41) is 0. The van der Waals surface area contributed by atoms with Crippen molar-refractivity contribution in [3.63, 3.8) is 0 Å². The van der Waals surface area contributed by atoms with Gasteiger partial charge in [-0.05, 0) is 23.3 Å². The minimum atomic E-state index is -0.270. The highest BCUT2D eigenvalue weighted by atomic mass is 19.1. The first-order valence-corrected chi connectivity index (χ1v) is 3.44. The predicted molar refractivity (Wildman–Crippen MR) is 42.2 cm³/mol. The fourth-order valence-electron chi connectivity index (χ4n) is 0.953. The summed E-state index contributed by atoms with van der Waals surface area (Å²) in [5.41, 5.74) is 12.2. The van der Waals surface area contributed by atoms with E-state index in [9.17, 15) is 4.39 Å². The van der Waals surface area contributed by atoms with E-state index in [1.54, 1.807) is 0 Å². The largest absolute Gasteiger partial charge is 0.326 e. The molecule has 11 heavy (non-hydrogen) atoms. The summed E-state index contributed by atoms with van der Waals surface area (Å²) in [4.78, 5) is 0. The van der Waals surface area contributed by atoms with Crippen LogP contribution in [0.4, 0.5) is 4.39 Å². The normalized spacial score (nSPS) is 10.1. The summed E-state index contributed by atoms with van der Waals surface area (Å²) in [6.07, 6.45) is 0. The van der Waals surface area contributed by atoms with Gasteiger partial charge in [0, 0.05) is 13.1 Å². The Morgan fingerprint density at radius 3 is 1.82 bits per heavy atom.